The Morgan fingerprint density at radius 2 is 1.10 bits per heavy atom. The summed E-state index contributed by atoms with van der Waals surface area (Å²) in [5.41, 5.74) is 22.0. The summed E-state index contributed by atoms with van der Waals surface area (Å²) < 4.78 is 9.87. The molecule has 0 N–H and O–H groups in total. The zero-order chi connectivity index (χ0) is 58.4. The number of nitrogens with zero attached hydrogens (tertiary/aromatic N) is 4. The zero-order valence-corrected chi connectivity index (χ0v) is 52.1. The molecule has 10 aromatic rings. The molecule has 4 heterocycles. The van der Waals surface area contributed by atoms with E-state index < -0.39 is 13.3 Å². The number of rotatable bonds is 7. The molecule has 1 spiro atoms. The average molecular weight is 1120 g/mol. The standard InChI is InChI=1S/C78H77N4OP/c1-74(2,3)51-37-38-79-70(44-51)82-66-34-24-31-62-71(66)72-63(78(62)60-29-17-21-35-68(60)84(13)69-36-22-18-30-61(69)78)46-57(47-67(72)82)83-56-28-23-27-55(45-56)80-48-81(65-33-20-19-32-64(65)80)73-58(49-25-15-14-16-26-49)42-54(77(10,11)12)43-59(73)50-39-52(75(4,5)6)41-53(40-50)76(7,8)9/h14-30,32-47,62H,31,48H2,1-13H3. The Bertz CT molecular complexity index is 4240. The van der Waals surface area contributed by atoms with Crippen LogP contribution in [-0.2, 0) is 27.1 Å². The Labute approximate surface area is 499 Å². The molecular weight excluding hydrogens is 1040 g/mol. The summed E-state index contributed by atoms with van der Waals surface area (Å²) >= 11 is 0. The number of fused-ring (bicyclic) bond motifs is 7. The van der Waals surface area contributed by atoms with E-state index in [1.807, 2.05) is 6.20 Å². The van der Waals surface area contributed by atoms with E-state index in [4.69, 9.17) is 9.72 Å². The second-order valence-corrected chi connectivity index (χ2v) is 30.2. The molecule has 0 saturated carbocycles. The number of benzene rings is 8. The fourth-order valence-electron chi connectivity index (χ4n) is 14.3. The predicted molar refractivity (Wildman–Crippen MR) is 357 cm³/mol. The molecule has 1 atom stereocenters. The third kappa shape index (κ3) is 8.54. The summed E-state index contributed by atoms with van der Waals surface area (Å²) in [4.78, 5) is 10.2. The summed E-state index contributed by atoms with van der Waals surface area (Å²) in [5, 5.41) is 4.26. The second-order valence-electron chi connectivity index (χ2n) is 28.2. The van der Waals surface area contributed by atoms with E-state index in [-0.39, 0.29) is 27.6 Å². The van der Waals surface area contributed by atoms with Gasteiger partial charge in [-0.15, -0.1) is 0 Å². The summed E-state index contributed by atoms with van der Waals surface area (Å²) in [6.45, 7) is 31.0. The molecule has 0 bridgehead atoms. The summed E-state index contributed by atoms with van der Waals surface area (Å²) in [5.74, 6) is 2.71. The van der Waals surface area contributed by atoms with Crippen molar-refractivity contribution in [2.75, 3.05) is 23.1 Å². The number of anilines is 4. The molecule has 14 rings (SSSR count). The minimum Gasteiger partial charge on any atom is -0.457 e. The topological polar surface area (TPSA) is 33.5 Å². The molecule has 0 fully saturated rings. The minimum atomic E-state index is -0.568. The van der Waals surface area contributed by atoms with Gasteiger partial charge >= 0.3 is 0 Å². The van der Waals surface area contributed by atoms with Crippen LogP contribution >= 0.6 is 7.92 Å². The van der Waals surface area contributed by atoms with E-state index in [1.54, 1.807) is 0 Å². The molecular formula is C78H77N4OP. The monoisotopic (exact) mass is 1120 g/mol. The molecule has 2 aliphatic carbocycles. The molecule has 420 valence electrons. The fraction of sp³-hybridized carbons (Fsp3) is 0.269. The van der Waals surface area contributed by atoms with Gasteiger partial charge in [-0.2, -0.15) is 0 Å². The van der Waals surface area contributed by atoms with Crippen molar-refractivity contribution < 1.29 is 4.74 Å². The zero-order valence-electron chi connectivity index (χ0n) is 51.2. The van der Waals surface area contributed by atoms with Crippen molar-refractivity contribution in [3.63, 3.8) is 0 Å². The maximum atomic E-state index is 7.44. The lowest BCUT2D eigenvalue weighted by Crippen LogP contribution is -2.45. The van der Waals surface area contributed by atoms with Crippen molar-refractivity contribution in [1.29, 1.82) is 0 Å². The predicted octanol–water partition coefficient (Wildman–Crippen LogP) is 19.8. The maximum Gasteiger partial charge on any atom is 0.137 e. The van der Waals surface area contributed by atoms with Gasteiger partial charge in [0, 0.05) is 46.4 Å². The number of pyridine rings is 1. The number of hydrogen-bond donors (Lipinski definition) is 0. The number of hydrogen-bond acceptors (Lipinski definition) is 4. The van der Waals surface area contributed by atoms with Crippen LogP contribution in [0.15, 0.2) is 194 Å². The normalized spacial score (nSPS) is 17.9. The molecule has 2 aliphatic heterocycles. The lowest BCUT2D eigenvalue weighted by Gasteiger charge is -2.46. The third-order valence-electron chi connectivity index (χ3n) is 18.7. The molecule has 6 heteroatoms. The third-order valence-corrected chi connectivity index (χ3v) is 20.9. The van der Waals surface area contributed by atoms with Crippen molar-refractivity contribution in [1.82, 2.24) is 9.55 Å². The van der Waals surface area contributed by atoms with E-state index in [2.05, 4.69) is 298 Å². The number of aromatic nitrogens is 2. The smallest absolute Gasteiger partial charge is 0.137 e. The Morgan fingerprint density at radius 1 is 0.512 bits per heavy atom. The number of allylic oxidation sites excluding steroid dienone is 1. The van der Waals surface area contributed by atoms with Crippen LogP contribution < -0.4 is 25.1 Å². The molecule has 0 radical (unpaired) electrons. The summed E-state index contributed by atoms with van der Waals surface area (Å²) in [7, 11) is -0.568. The Balaban J connectivity index is 0.937. The van der Waals surface area contributed by atoms with Crippen molar-refractivity contribution in [3.8, 4) is 39.6 Å². The van der Waals surface area contributed by atoms with Gasteiger partial charge in [-0.3, -0.25) is 4.57 Å². The first-order chi connectivity index (χ1) is 40.1. The molecule has 2 aromatic heterocycles. The van der Waals surface area contributed by atoms with Crippen LogP contribution in [0.2, 0.25) is 0 Å². The summed E-state index contributed by atoms with van der Waals surface area (Å²) in [6.07, 6.45) is 7.71. The van der Waals surface area contributed by atoms with Gasteiger partial charge in [0.2, 0.25) is 0 Å². The van der Waals surface area contributed by atoms with Gasteiger partial charge in [0.1, 0.15) is 24.0 Å². The van der Waals surface area contributed by atoms with Gasteiger partial charge in [0.15, 0.2) is 0 Å². The van der Waals surface area contributed by atoms with Gasteiger partial charge in [-0.05, 0) is 170 Å². The van der Waals surface area contributed by atoms with Crippen molar-refractivity contribution in [3.05, 3.63) is 244 Å². The average Bonchev–Trinajstić information content (AvgIpc) is 1.48. The molecule has 0 saturated heterocycles. The lowest BCUT2D eigenvalue weighted by molar-refractivity contribution is 0.474. The van der Waals surface area contributed by atoms with Crippen LogP contribution in [0.5, 0.6) is 11.5 Å². The van der Waals surface area contributed by atoms with Gasteiger partial charge < -0.3 is 14.5 Å². The first kappa shape index (κ1) is 54.0. The highest BCUT2D eigenvalue weighted by Gasteiger charge is 2.56. The Kier molecular flexibility index (Phi) is 12.4. The molecule has 4 aliphatic rings. The van der Waals surface area contributed by atoms with E-state index in [0.717, 1.165) is 46.3 Å². The molecule has 1 unspecified atom stereocenters. The van der Waals surface area contributed by atoms with E-state index in [1.165, 1.54) is 94.1 Å². The number of para-hydroxylation sites is 2. The van der Waals surface area contributed by atoms with E-state index in [9.17, 15) is 0 Å². The molecule has 0 amide bonds. The van der Waals surface area contributed by atoms with Crippen molar-refractivity contribution >= 4 is 58.3 Å². The van der Waals surface area contributed by atoms with Gasteiger partial charge in [-0.25, -0.2) is 4.98 Å². The van der Waals surface area contributed by atoms with Crippen LogP contribution in [0.25, 0.3) is 45.1 Å². The lowest BCUT2D eigenvalue weighted by atomic mass is 9.62. The van der Waals surface area contributed by atoms with Crippen LogP contribution in [0.4, 0.5) is 22.7 Å². The Hall–Kier alpha value is -7.98. The fourth-order valence-corrected chi connectivity index (χ4v) is 16.4. The molecule has 8 aromatic carbocycles. The van der Waals surface area contributed by atoms with Crippen LogP contribution in [0.3, 0.4) is 0 Å². The van der Waals surface area contributed by atoms with E-state index >= 15 is 0 Å². The quantitative estimate of drug-likeness (QED) is 0.149. The molecule has 5 nitrogen and oxygen atoms in total. The minimum absolute atomic E-state index is 0.0525. The highest BCUT2D eigenvalue weighted by atomic mass is 31.1. The first-order valence-corrected chi connectivity index (χ1v) is 32.0. The maximum absolute atomic E-state index is 7.44. The largest absolute Gasteiger partial charge is 0.457 e. The van der Waals surface area contributed by atoms with Gasteiger partial charge in [0.05, 0.1) is 33.7 Å². The number of ether oxygens (including phenoxy) is 1. The van der Waals surface area contributed by atoms with Crippen LogP contribution in [0.1, 0.15) is 146 Å². The van der Waals surface area contributed by atoms with Crippen molar-refractivity contribution in [2.45, 2.75) is 122 Å². The Morgan fingerprint density at radius 3 is 1.74 bits per heavy atom. The molecule has 84 heavy (non-hydrogen) atoms. The van der Waals surface area contributed by atoms with Crippen LogP contribution in [0, 0.1) is 0 Å². The van der Waals surface area contributed by atoms with Crippen LogP contribution in [-0.4, -0.2) is 22.9 Å². The van der Waals surface area contributed by atoms with Gasteiger partial charge in [-0.1, -0.05) is 204 Å². The van der Waals surface area contributed by atoms with E-state index in [0.29, 0.717) is 6.67 Å². The van der Waals surface area contributed by atoms with Crippen molar-refractivity contribution in [2.24, 2.45) is 0 Å². The second kappa shape index (κ2) is 19.3. The first-order valence-electron chi connectivity index (χ1n) is 30.2. The SMILES string of the molecule is CP1c2ccccc2C2(c3ccccc31)c1cc(Oc3cccc(N4CN(c5c(-c6ccccc6)cc(C(C)(C)C)cc5-c5cc(C(C)(C)C)cc(C(C)(C)C)c5)c5ccccc54)c3)cc3c1c1c(n3-c3cc(C(C)(C)C)ccn3)C=CCC12. The highest BCUT2D eigenvalue weighted by Crippen LogP contribution is 2.65. The van der Waals surface area contributed by atoms with Gasteiger partial charge in [0.25, 0.3) is 0 Å². The summed E-state index contributed by atoms with van der Waals surface area (Å²) in [6, 6.07) is 69.0. The highest BCUT2D eigenvalue weighted by molar-refractivity contribution is 7.72.